The van der Waals surface area contributed by atoms with E-state index in [4.69, 9.17) is 5.73 Å². The first-order valence-corrected chi connectivity index (χ1v) is 7.85. The Kier molecular flexibility index (Phi) is 4.71. The lowest BCUT2D eigenvalue weighted by Gasteiger charge is -2.46. The number of urea groups is 1. The number of carbonyl (C=O) groups excluding carboxylic acids is 1. The Balaban J connectivity index is 1.93. The highest BCUT2D eigenvalue weighted by molar-refractivity contribution is 5.75. The summed E-state index contributed by atoms with van der Waals surface area (Å²) < 4.78 is 0. The number of rotatable bonds is 4. The molecule has 0 aromatic rings. The Morgan fingerprint density at radius 3 is 2.37 bits per heavy atom. The van der Waals surface area contributed by atoms with Gasteiger partial charge in [0.25, 0.3) is 0 Å². The van der Waals surface area contributed by atoms with Crippen LogP contribution in [0, 0.1) is 5.92 Å². The van der Waals surface area contributed by atoms with Crippen LogP contribution in [0.15, 0.2) is 0 Å². The average molecular weight is 267 g/mol. The van der Waals surface area contributed by atoms with Crippen LogP contribution >= 0.6 is 0 Å². The maximum absolute atomic E-state index is 12.3. The number of likely N-dealkylation sites (N-methyl/N-ethyl adjacent to an activating group) is 1. The lowest BCUT2D eigenvalue weighted by molar-refractivity contribution is 0.0828. The lowest BCUT2D eigenvalue weighted by atomic mass is 9.75. The molecule has 3 N–H and O–H groups in total. The van der Waals surface area contributed by atoms with Crippen LogP contribution in [0.25, 0.3) is 0 Å². The summed E-state index contributed by atoms with van der Waals surface area (Å²) in [6.45, 7) is 2.84. The molecule has 4 nitrogen and oxygen atoms in total. The second-order valence-electron chi connectivity index (χ2n) is 6.42. The number of nitrogens with one attached hydrogen (secondary N) is 1. The van der Waals surface area contributed by atoms with Crippen LogP contribution in [-0.2, 0) is 0 Å². The fourth-order valence-electron chi connectivity index (χ4n) is 3.34. The third-order valence-corrected chi connectivity index (χ3v) is 5.44. The number of nitrogens with two attached hydrogens (primary N) is 1. The van der Waals surface area contributed by atoms with Crippen LogP contribution in [0.4, 0.5) is 4.79 Å². The van der Waals surface area contributed by atoms with Crippen molar-refractivity contribution in [2.75, 3.05) is 13.6 Å². The zero-order valence-corrected chi connectivity index (χ0v) is 12.5. The van der Waals surface area contributed by atoms with Gasteiger partial charge in [0.2, 0.25) is 0 Å². The van der Waals surface area contributed by atoms with E-state index in [1.807, 2.05) is 11.9 Å². The lowest BCUT2D eigenvalue weighted by Crippen LogP contribution is -2.60. The van der Waals surface area contributed by atoms with E-state index in [2.05, 4.69) is 12.2 Å². The summed E-state index contributed by atoms with van der Waals surface area (Å²) in [7, 11) is 1.92. The van der Waals surface area contributed by atoms with Gasteiger partial charge in [-0.05, 0) is 50.9 Å². The summed E-state index contributed by atoms with van der Waals surface area (Å²) in [5, 5.41) is 3.13. The van der Waals surface area contributed by atoms with Gasteiger partial charge < -0.3 is 16.0 Å². The van der Waals surface area contributed by atoms with E-state index in [1.54, 1.807) is 0 Å². The van der Waals surface area contributed by atoms with E-state index in [1.165, 1.54) is 25.7 Å². The molecule has 0 aromatic heterocycles. The summed E-state index contributed by atoms with van der Waals surface area (Å²) in [5.74, 6) is 0.822. The van der Waals surface area contributed by atoms with Crippen molar-refractivity contribution in [3.05, 3.63) is 0 Å². The van der Waals surface area contributed by atoms with Gasteiger partial charge in [0.05, 0.1) is 5.54 Å². The molecule has 2 aliphatic rings. The average Bonchev–Trinajstić information content (AvgIpc) is 2.41. The minimum Gasteiger partial charge on any atom is -0.335 e. The third-order valence-electron chi connectivity index (χ3n) is 5.44. The van der Waals surface area contributed by atoms with Gasteiger partial charge in [0, 0.05) is 19.6 Å². The number of amides is 2. The maximum Gasteiger partial charge on any atom is 0.317 e. The molecular formula is C15H29N3O. The van der Waals surface area contributed by atoms with Gasteiger partial charge >= 0.3 is 6.03 Å². The Morgan fingerprint density at radius 2 is 1.95 bits per heavy atom. The van der Waals surface area contributed by atoms with Crippen molar-refractivity contribution in [3.63, 3.8) is 0 Å². The Labute approximate surface area is 117 Å². The molecule has 2 fully saturated rings. The second kappa shape index (κ2) is 6.12. The first-order valence-electron chi connectivity index (χ1n) is 7.85. The molecule has 0 aromatic carbocycles. The van der Waals surface area contributed by atoms with Crippen molar-refractivity contribution in [3.8, 4) is 0 Å². The number of hydrogen-bond acceptors (Lipinski definition) is 2. The predicted molar refractivity (Wildman–Crippen MR) is 78.0 cm³/mol. The fraction of sp³-hybridized carbons (Fsp3) is 0.933. The summed E-state index contributed by atoms with van der Waals surface area (Å²) in [5.41, 5.74) is 5.91. The zero-order chi connectivity index (χ0) is 13.9. The highest BCUT2D eigenvalue weighted by Gasteiger charge is 2.40. The van der Waals surface area contributed by atoms with E-state index in [-0.39, 0.29) is 11.6 Å². The number of nitrogens with zero attached hydrogens (tertiary/aromatic N) is 1. The van der Waals surface area contributed by atoms with Gasteiger partial charge in [-0.25, -0.2) is 4.79 Å². The van der Waals surface area contributed by atoms with E-state index in [0.717, 1.165) is 31.6 Å². The molecule has 4 heteroatoms. The molecule has 2 aliphatic carbocycles. The van der Waals surface area contributed by atoms with Crippen molar-refractivity contribution in [1.82, 2.24) is 10.2 Å². The van der Waals surface area contributed by atoms with Crippen LogP contribution in [0.5, 0.6) is 0 Å². The highest BCUT2D eigenvalue weighted by atomic mass is 16.2. The summed E-state index contributed by atoms with van der Waals surface area (Å²) >= 11 is 0. The van der Waals surface area contributed by atoms with Crippen LogP contribution in [-0.4, -0.2) is 36.1 Å². The van der Waals surface area contributed by atoms with Gasteiger partial charge in [-0.15, -0.1) is 0 Å². The van der Waals surface area contributed by atoms with Crippen LogP contribution in [0.3, 0.4) is 0 Å². The quantitative estimate of drug-likeness (QED) is 0.822. The molecule has 0 unspecified atom stereocenters. The van der Waals surface area contributed by atoms with Crippen molar-refractivity contribution in [1.29, 1.82) is 0 Å². The molecule has 2 amide bonds. The number of hydrogen-bond donors (Lipinski definition) is 2. The van der Waals surface area contributed by atoms with E-state index < -0.39 is 0 Å². The molecule has 2 rings (SSSR count). The first-order chi connectivity index (χ1) is 9.11. The van der Waals surface area contributed by atoms with Gasteiger partial charge in [-0.3, -0.25) is 0 Å². The minimum atomic E-state index is -0.112. The summed E-state index contributed by atoms with van der Waals surface area (Å²) in [6, 6.07) is 0.474. The summed E-state index contributed by atoms with van der Waals surface area (Å²) in [4.78, 5) is 14.2. The Bertz CT molecular complexity index is 307. The monoisotopic (exact) mass is 267 g/mol. The van der Waals surface area contributed by atoms with E-state index >= 15 is 0 Å². The van der Waals surface area contributed by atoms with Crippen molar-refractivity contribution in [2.45, 2.75) is 69.9 Å². The normalized spacial score (nSPS) is 31.6. The molecular weight excluding hydrogens is 238 g/mol. The van der Waals surface area contributed by atoms with Crippen molar-refractivity contribution >= 4 is 6.03 Å². The van der Waals surface area contributed by atoms with Crippen molar-refractivity contribution in [2.24, 2.45) is 11.7 Å². The Hall–Kier alpha value is -0.770. The molecule has 110 valence electrons. The van der Waals surface area contributed by atoms with Gasteiger partial charge in [0.1, 0.15) is 0 Å². The second-order valence-corrected chi connectivity index (χ2v) is 6.42. The fourth-order valence-corrected chi connectivity index (χ4v) is 3.34. The van der Waals surface area contributed by atoms with Gasteiger partial charge in [0.15, 0.2) is 0 Å². The SMILES string of the molecule is CCC1CCC(CN)(N(C)C(=O)NC2CCC2)CC1. The number of carbonyl (C=O) groups is 1. The topological polar surface area (TPSA) is 58.4 Å². The molecule has 0 aliphatic heterocycles. The molecule has 0 bridgehead atoms. The molecule has 0 heterocycles. The minimum absolute atomic E-state index is 0.0742. The Morgan fingerprint density at radius 1 is 1.32 bits per heavy atom. The summed E-state index contributed by atoms with van der Waals surface area (Å²) in [6.07, 6.45) is 9.27. The van der Waals surface area contributed by atoms with Crippen LogP contribution < -0.4 is 11.1 Å². The largest absolute Gasteiger partial charge is 0.335 e. The molecule has 0 atom stereocenters. The van der Waals surface area contributed by atoms with Crippen LogP contribution in [0.1, 0.15) is 58.3 Å². The molecule has 2 saturated carbocycles. The highest BCUT2D eigenvalue weighted by Crippen LogP contribution is 2.36. The molecule has 0 spiro atoms. The van der Waals surface area contributed by atoms with Gasteiger partial charge in [-0.2, -0.15) is 0 Å². The molecule has 0 radical (unpaired) electrons. The van der Waals surface area contributed by atoms with E-state index in [0.29, 0.717) is 12.6 Å². The van der Waals surface area contributed by atoms with E-state index in [9.17, 15) is 4.79 Å². The maximum atomic E-state index is 12.3. The first kappa shape index (κ1) is 14.6. The van der Waals surface area contributed by atoms with Crippen LogP contribution in [0.2, 0.25) is 0 Å². The standard InChI is InChI=1S/C15H29N3O/c1-3-12-7-9-15(11-16,10-8-12)18(2)14(19)17-13-5-4-6-13/h12-13H,3-11,16H2,1-2H3,(H,17,19). The third kappa shape index (κ3) is 3.04. The predicted octanol–water partition coefficient (Wildman–Crippen LogP) is 2.48. The molecule has 19 heavy (non-hydrogen) atoms. The smallest absolute Gasteiger partial charge is 0.317 e. The van der Waals surface area contributed by atoms with Gasteiger partial charge in [-0.1, -0.05) is 13.3 Å². The zero-order valence-electron chi connectivity index (χ0n) is 12.5. The molecule has 0 saturated heterocycles. The van der Waals surface area contributed by atoms with Crippen molar-refractivity contribution < 1.29 is 4.79 Å².